The summed E-state index contributed by atoms with van der Waals surface area (Å²) in [5, 5.41) is 4.12. The molecule has 0 aromatic carbocycles. The highest BCUT2D eigenvalue weighted by Crippen LogP contribution is 2.31. The minimum absolute atomic E-state index is 0.0885. The molecule has 2 atom stereocenters. The number of carbonyl (C=O) groups excluding carboxylic acids is 2. The van der Waals surface area contributed by atoms with Crippen LogP contribution in [-0.2, 0) is 17.6 Å². The maximum absolute atomic E-state index is 13.1. The maximum atomic E-state index is 13.1. The molecule has 0 saturated carbocycles. The van der Waals surface area contributed by atoms with Gasteiger partial charge < -0.3 is 14.3 Å². The molecule has 4 heterocycles. The van der Waals surface area contributed by atoms with E-state index in [0.717, 1.165) is 49.8 Å². The summed E-state index contributed by atoms with van der Waals surface area (Å²) in [6, 6.07) is 0.0968. The van der Waals surface area contributed by atoms with E-state index < -0.39 is 0 Å². The van der Waals surface area contributed by atoms with Gasteiger partial charge in [-0.3, -0.25) is 9.59 Å². The van der Waals surface area contributed by atoms with Crippen LogP contribution < -0.4 is 0 Å². The largest absolute Gasteiger partial charge is 0.350 e. The molecule has 3 aliphatic heterocycles. The van der Waals surface area contributed by atoms with Crippen LogP contribution in [0.2, 0.25) is 0 Å². The third kappa shape index (κ3) is 3.06. The van der Waals surface area contributed by atoms with E-state index in [2.05, 4.69) is 11.2 Å². The van der Waals surface area contributed by atoms with Crippen molar-refractivity contribution in [2.75, 3.05) is 19.6 Å². The van der Waals surface area contributed by atoms with Gasteiger partial charge in [0.15, 0.2) is 0 Å². The molecule has 4 aliphatic rings. The Labute approximate surface area is 154 Å². The molecule has 1 aliphatic carbocycles. The fraction of sp³-hybridized carbons (Fsp3) is 0.650. The number of aryl methyl sites for hydroxylation is 1. The topological polar surface area (TPSA) is 66.7 Å². The molecule has 0 radical (unpaired) electrons. The first kappa shape index (κ1) is 17.3. The molecule has 3 fully saturated rings. The maximum Gasteiger partial charge on any atom is 0.292 e. The second-order valence-corrected chi connectivity index (χ2v) is 8.05. The summed E-state index contributed by atoms with van der Waals surface area (Å²) in [6.07, 6.45) is 7.87. The van der Waals surface area contributed by atoms with Crippen molar-refractivity contribution < 1.29 is 14.1 Å². The van der Waals surface area contributed by atoms with E-state index in [4.69, 9.17) is 4.52 Å². The number of carbonyl (C=O) groups is 2. The van der Waals surface area contributed by atoms with Crippen LogP contribution in [0, 0.1) is 5.92 Å². The highest BCUT2D eigenvalue weighted by molar-refractivity contribution is 5.94. The van der Waals surface area contributed by atoms with Crippen molar-refractivity contribution >= 4 is 11.8 Å². The molecule has 2 bridgehead atoms. The normalized spacial score (nSPS) is 25.1. The molecule has 1 aromatic heterocycles. The predicted molar refractivity (Wildman–Crippen MR) is 96.7 cm³/mol. The minimum atomic E-state index is -0.0954. The summed E-state index contributed by atoms with van der Waals surface area (Å²) in [7, 11) is 0. The molecule has 140 valence electrons. The Hall–Kier alpha value is -2.11. The van der Waals surface area contributed by atoms with Crippen LogP contribution in [-0.4, -0.2) is 52.4 Å². The van der Waals surface area contributed by atoms with Gasteiger partial charge in [0.05, 0.1) is 11.6 Å². The van der Waals surface area contributed by atoms with E-state index in [-0.39, 0.29) is 23.8 Å². The summed E-state index contributed by atoms with van der Waals surface area (Å²) in [5.41, 5.74) is 3.14. The first-order valence-corrected chi connectivity index (χ1v) is 9.75. The Balaban J connectivity index is 1.56. The van der Waals surface area contributed by atoms with Crippen LogP contribution in [0.5, 0.6) is 0 Å². The third-order valence-corrected chi connectivity index (χ3v) is 5.93. The van der Waals surface area contributed by atoms with Gasteiger partial charge in [0.2, 0.25) is 11.7 Å². The van der Waals surface area contributed by atoms with E-state index in [9.17, 15) is 9.59 Å². The van der Waals surface area contributed by atoms with Gasteiger partial charge in [-0.15, -0.1) is 0 Å². The second kappa shape index (κ2) is 6.89. The standard InChI is InChI=1S/C20H27N3O3/c1-13(2)9-10-23-15-8-7-14(19(23)24)11-22(12-15)20(25)18-16-5-3-4-6-17(16)21-26-18/h9,14-15H,3-8,10-12H2,1-2H3/t14-,15+/m0/s1. The van der Waals surface area contributed by atoms with Gasteiger partial charge in [0.1, 0.15) is 0 Å². The summed E-state index contributed by atoms with van der Waals surface area (Å²) in [6.45, 7) is 5.82. The molecular weight excluding hydrogens is 330 g/mol. The fourth-order valence-corrected chi connectivity index (χ4v) is 4.43. The molecule has 0 spiro atoms. The molecule has 1 aromatic rings. The number of fused-ring (bicyclic) bond motifs is 5. The number of piperidine rings is 1. The lowest BCUT2D eigenvalue weighted by Crippen LogP contribution is -2.48. The lowest BCUT2D eigenvalue weighted by atomic mass is 9.94. The van der Waals surface area contributed by atoms with E-state index in [0.29, 0.717) is 25.4 Å². The van der Waals surface area contributed by atoms with E-state index in [1.165, 1.54) is 5.57 Å². The zero-order valence-electron chi connectivity index (χ0n) is 15.7. The van der Waals surface area contributed by atoms with Crippen LogP contribution in [0.15, 0.2) is 16.2 Å². The lowest BCUT2D eigenvalue weighted by molar-refractivity contribution is -0.139. The zero-order chi connectivity index (χ0) is 18.3. The molecule has 0 unspecified atom stereocenters. The summed E-state index contributed by atoms with van der Waals surface area (Å²) < 4.78 is 5.45. The fourth-order valence-electron chi connectivity index (χ4n) is 4.43. The molecule has 2 amide bonds. The van der Waals surface area contributed by atoms with Gasteiger partial charge in [-0.1, -0.05) is 16.8 Å². The van der Waals surface area contributed by atoms with Crippen LogP contribution in [0.4, 0.5) is 0 Å². The first-order chi connectivity index (χ1) is 12.5. The molecule has 5 rings (SSSR count). The van der Waals surface area contributed by atoms with Crippen molar-refractivity contribution in [2.45, 2.75) is 58.4 Å². The van der Waals surface area contributed by atoms with Crippen LogP contribution >= 0.6 is 0 Å². The Morgan fingerprint density at radius 3 is 2.85 bits per heavy atom. The SMILES string of the molecule is CC(C)=CCN1C(=O)[C@H]2CC[C@@H]1CN(C(=O)c1onc3c1CCCC3)C2. The van der Waals surface area contributed by atoms with E-state index in [1.807, 2.05) is 23.6 Å². The summed E-state index contributed by atoms with van der Waals surface area (Å²) >= 11 is 0. The number of hydrogen-bond donors (Lipinski definition) is 0. The number of hydrogen-bond acceptors (Lipinski definition) is 4. The number of rotatable bonds is 3. The first-order valence-electron chi connectivity index (χ1n) is 9.75. The molecule has 0 N–H and O–H groups in total. The monoisotopic (exact) mass is 357 g/mol. The average Bonchev–Trinajstić information content (AvgIpc) is 2.86. The highest BCUT2D eigenvalue weighted by Gasteiger charge is 2.42. The molecular formula is C20H27N3O3. The van der Waals surface area contributed by atoms with Gasteiger partial charge in [-0.05, 0) is 52.4 Å². The van der Waals surface area contributed by atoms with E-state index in [1.54, 1.807) is 0 Å². The van der Waals surface area contributed by atoms with Gasteiger partial charge in [0, 0.05) is 31.2 Å². The molecule has 26 heavy (non-hydrogen) atoms. The number of aromatic nitrogens is 1. The zero-order valence-corrected chi connectivity index (χ0v) is 15.7. The third-order valence-electron chi connectivity index (χ3n) is 5.93. The van der Waals surface area contributed by atoms with Crippen molar-refractivity contribution in [1.29, 1.82) is 0 Å². The summed E-state index contributed by atoms with van der Waals surface area (Å²) in [4.78, 5) is 29.8. The van der Waals surface area contributed by atoms with Crippen LogP contribution in [0.25, 0.3) is 0 Å². The second-order valence-electron chi connectivity index (χ2n) is 8.05. The van der Waals surface area contributed by atoms with Crippen molar-refractivity contribution in [1.82, 2.24) is 15.0 Å². The Morgan fingerprint density at radius 1 is 1.23 bits per heavy atom. The average molecular weight is 357 g/mol. The van der Waals surface area contributed by atoms with Crippen molar-refractivity contribution in [3.8, 4) is 0 Å². The van der Waals surface area contributed by atoms with Crippen LogP contribution in [0.3, 0.4) is 0 Å². The van der Waals surface area contributed by atoms with Gasteiger partial charge in [-0.2, -0.15) is 0 Å². The van der Waals surface area contributed by atoms with Crippen molar-refractivity contribution in [3.63, 3.8) is 0 Å². The van der Waals surface area contributed by atoms with Gasteiger partial charge in [0.25, 0.3) is 5.91 Å². The molecule has 6 nitrogen and oxygen atoms in total. The van der Waals surface area contributed by atoms with Gasteiger partial charge in [-0.25, -0.2) is 0 Å². The number of allylic oxidation sites excluding steroid dienone is 1. The predicted octanol–water partition coefficient (Wildman–Crippen LogP) is 2.58. The Morgan fingerprint density at radius 2 is 2.04 bits per heavy atom. The minimum Gasteiger partial charge on any atom is -0.350 e. The lowest BCUT2D eigenvalue weighted by Gasteiger charge is -2.35. The van der Waals surface area contributed by atoms with Crippen molar-refractivity contribution in [2.24, 2.45) is 5.92 Å². The Bertz CT molecular complexity index is 747. The highest BCUT2D eigenvalue weighted by atomic mass is 16.5. The van der Waals surface area contributed by atoms with Gasteiger partial charge >= 0.3 is 0 Å². The smallest absolute Gasteiger partial charge is 0.292 e. The summed E-state index contributed by atoms with van der Waals surface area (Å²) in [5.74, 6) is 0.411. The molecule has 3 saturated heterocycles. The number of nitrogens with zero attached hydrogens (tertiary/aromatic N) is 3. The molecule has 6 heteroatoms. The number of amides is 2. The van der Waals surface area contributed by atoms with Crippen molar-refractivity contribution in [3.05, 3.63) is 28.7 Å². The van der Waals surface area contributed by atoms with Crippen LogP contribution in [0.1, 0.15) is 61.3 Å². The Kier molecular flexibility index (Phi) is 4.59. The van der Waals surface area contributed by atoms with E-state index >= 15 is 0 Å². The quantitative estimate of drug-likeness (QED) is 0.780.